The summed E-state index contributed by atoms with van der Waals surface area (Å²) in [5, 5.41) is 8.96. The monoisotopic (exact) mass is 359 g/mol. The minimum absolute atomic E-state index is 0.657. The molecule has 0 bridgehead atoms. The van der Waals surface area contributed by atoms with Gasteiger partial charge in [-0.15, -0.1) is 0 Å². The zero-order chi connectivity index (χ0) is 13.4. The first-order valence-electron chi connectivity index (χ1n) is 5.81. The lowest BCUT2D eigenvalue weighted by Gasteiger charge is -2.02. The van der Waals surface area contributed by atoms with E-state index in [-0.39, 0.29) is 0 Å². The van der Waals surface area contributed by atoms with E-state index in [0.717, 1.165) is 22.4 Å². The van der Waals surface area contributed by atoms with Gasteiger partial charge in [0.2, 0.25) is 0 Å². The maximum absolute atomic E-state index is 8.96. The van der Waals surface area contributed by atoms with E-state index in [2.05, 4.69) is 57.9 Å². The van der Waals surface area contributed by atoms with Crippen molar-refractivity contribution < 1.29 is 0 Å². The van der Waals surface area contributed by atoms with Gasteiger partial charge in [-0.1, -0.05) is 12.1 Å². The van der Waals surface area contributed by atoms with Crippen LogP contribution >= 0.6 is 22.6 Å². The van der Waals surface area contributed by atoms with Crippen molar-refractivity contribution in [1.29, 1.82) is 5.26 Å². The summed E-state index contributed by atoms with van der Waals surface area (Å²) in [4.78, 5) is 4.64. The first-order chi connectivity index (χ1) is 9.19. The average molecular weight is 359 g/mol. The van der Waals surface area contributed by atoms with Crippen LogP contribution in [0.4, 0.5) is 0 Å². The van der Waals surface area contributed by atoms with Gasteiger partial charge in [-0.3, -0.25) is 0 Å². The maximum Gasteiger partial charge on any atom is 0.140 e. The number of imidazole rings is 1. The minimum atomic E-state index is 0.657. The predicted molar refractivity (Wildman–Crippen MR) is 83.6 cm³/mol. The van der Waals surface area contributed by atoms with E-state index >= 15 is 0 Å². The molecule has 1 aromatic heterocycles. The molecule has 0 spiro atoms. The van der Waals surface area contributed by atoms with Crippen LogP contribution < -0.4 is 0 Å². The normalized spacial score (nSPS) is 10.6. The summed E-state index contributed by atoms with van der Waals surface area (Å²) in [6, 6.07) is 16.0. The number of benzene rings is 2. The summed E-state index contributed by atoms with van der Waals surface area (Å²) in [5.74, 6) is 0.918. The maximum atomic E-state index is 8.96. The molecule has 3 nitrogen and oxygen atoms in total. The second-order valence-corrected chi connectivity index (χ2v) is 5.56. The minimum Gasteiger partial charge on any atom is -0.327 e. The van der Waals surface area contributed by atoms with Gasteiger partial charge in [0.05, 0.1) is 22.7 Å². The Balaban J connectivity index is 2.23. The number of rotatable bonds is 1. The van der Waals surface area contributed by atoms with Crippen molar-refractivity contribution in [2.45, 2.75) is 0 Å². The Kier molecular flexibility index (Phi) is 2.99. The SMILES string of the molecule is Cn1c(-c2ccc(I)cc2)nc2ccc(C#N)cc21. The lowest BCUT2D eigenvalue weighted by atomic mass is 10.2. The van der Waals surface area contributed by atoms with Crippen molar-refractivity contribution >= 4 is 33.6 Å². The van der Waals surface area contributed by atoms with Crippen molar-refractivity contribution in [3.8, 4) is 17.5 Å². The Morgan fingerprint density at radius 2 is 1.89 bits per heavy atom. The van der Waals surface area contributed by atoms with Gasteiger partial charge in [0.1, 0.15) is 5.82 Å². The van der Waals surface area contributed by atoms with Gasteiger partial charge in [0.25, 0.3) is 0 Å². The lowest BCUT2D eigenvalue weighted by molar-refractivity contribution is 0.959. The van der Waals surface area contributed by atoms with Crippen molar-refractivity contribution in [3.05, 3.63) is 51.6 Å². The molecule has 0 aliphatic carbocycles. The lowest BCUT2D eigenvalue weighted by Crippen LogP contribution is -1.92. The number of hydrogen-bond donors (Lipinski definition) is 0. The van der Waals surface area contributed by atoms with Gasteiger partial charge in [0, 0.05) is 16.2 Å². The largest absolute Gasteiger partial charge is 0.327 e. The molecule has 3 rings (SSSR count). The van der Waals surface area contributed by atoms with Crippen molar-refractivity contribution in [3.63, 3.8) is 0 Å². The summed E-state index contributed by atoms with van der Waals surface area (Å²) >= 11 is 2.28. The molecule has 0 aliphatic heterocycles. The molecule has 0 amide bonds. The van der Waals surface area contributed by atoms with E-state index in [1.165, 1.54) is 3.57 Å². The van der Waals surface area contributed by atoms with Crippen molar-refractivity contribution in [2.75, 3.05) is 0 Å². The molecule has 2 aromatic carbocycles. The van der Waals surface area contributed by atoms with E-state index in [1.807, 2.05) is 23.7 Å². The fourth-order valence-electron chi connectivity index (χ4n) is 2.12. The van der Waals surface area contributed by atoms with Crippen LogP contribution in [0.5, 0.6) is 0 Å². The Morgan fingerprint density at radius 1 is 1.16 bits per heavy atom. The van der Waals surface area contributed by atoms with Crippen LogP contribution in [-0.2, 0) is 7.05 Å². The van der Waals surface area contributed by atoms with Crippen LogP contribution in [0.2, 0.25) is 0 Å². The van der Waals surface area contributed by atoms with Crippen molar-refractivity contribution in [1.82, 2.24) is 9.55 Å². The molecular weight excluding hydrogens is 349 g/mol. The van der Waals surface area contributed by atoms with Gasteiger partial charge in [-0.25, -0.2) is 4.98 Å². The summed E-state index contributed by atoms with van der Waals surface area (Å²) in [7, 11) is 1.98. The fourth-order valence-corrected chi connectivity index (χ4v) is 2.48. The average Bonchev–Trinajstić information content (AvgIpc) is 2.76. The van der Waals surface area contributed by atoms with Crippen LogP contribution in [0.15, 0.2) is 42.5 Å². The van der Waals surface area contributed by atoms with Crippen LogP contribution in [0, 0.1) is 14.9 Å². The summed E-state index contributed by atoms with van der Waals surface area (Å²) in [5.41, 5.74) is 3.63. The Bertz CT molecular complexity index is 795. The number of nitrogens with zero attached hydrogens (tertiary/aromatic N) is 3. The van der Waals surface area contributed by atoms with Gasteiger partial charge in [0.15, 0.2) is 0 Å². The quantitative estimate of drug-likeness (QED) is 0.622. The number of nitriles is 1. The van der Waals surface area contributed by atoms with E-state index in [9.17, 15) is 0 Å². The standard InChI is InChI=1S/C15H10IN3/c1-19-14-8-10(9-17)2-7-13(14)18-15(19)11-3-5-12(16)6-4-11/h2-8H,1H3. The number of aryl methyl sites for hydroxylation is 1. The molecule has 0 atom stereocenters. The predicted octanol–water partition coefficient (Wildman–Crippen LogP) is 3.72. The molecule has 0 aliphatic rings. The van der Waals surface area contributed by atoms with Crippen LogP contribution in [0.25, 0.3) is 22.4 Å². The highest BCUT2D eigenvalue weighted by molar-refractivity contribution is 14.1. The molecule has 3 aromatic rings. The van der Waals surface area contributed by atoms with Gasteiger partial charge < -0.3 is 4.57 Å². The molecule has 0 fully saturated rings. The highest BCUT2D eigenvalue weighted by Crippen LogP contribution is 2.24. The van der Waals surface area contributed by atoms with Gasteiger partial charge in [-0.05, 0) is 52.9 Å². The molecule has 0 radical (unpaired) electrons. The van der Waals surface area contributed by atoms with Gasteiger partial charge in [-0.2, -0.15) is 5.26 Å². The van der Waals surface area contributed by atoms with Gasteiger partial charge >= 0.3 is 0 Å². The van der Waals surface area contributed by atoms with Crippen molar-refractivity contribution in [2.24, 2.45) is 7.05 Å². The Hall–Kier alpha value is -1.87. The first kappa shape index (κ1) is 12.2. The zero-order valence-electron chi connectivity index (χ0n) is 10.3. The number of hydrogen-bond acceptors (Lipinski definition) is 2. The topological polar surface area (TPSA) is 41.6 Å². The zero-order valence-corrected chi connectivity index (χ0v) is 12.4. The smallest absolute Gasteiger partial charge is 0.140 e. The fraction of sp³-hybridized carbons (Fsp3) is 0.0667. The molecule has 1 heterocycles. The van der Waals surface area contributed by atoms with E-state index in [4.69, 9.17) is 5.26 Å². The molecule has 4 heteroatoms. The molecule has 0 saturated heterocycles. The molecule has 0 saturated carbocycles. The highest BCUT2D eigenvalue weighted by atomic mass is 127. The highest BCUT2D eigenvalue weighted by Gasteiger charge is 2.10. The summed E-state index contributed by atoms with van der Waals surface area (Å²) in [6.07, 6.45) is 0. The third-order valence-corrected chi connectivity index (χ3v) is 3.83. The molecular formula is C15H10IN3. The van der Waals surface area contributed by atoms with E-state index in [0.29, 0.717) is 5.56 Å². The van der Waals surface area contributed by atoms with E-state index < -0.39 is 0 Å². The second-order valence-electron chi connectivity index (χ2n) is 4.32. The second kappa shape index (κ2) is 4.67. The van der Waals surface area contributed by atoms with E-state index in [1.54, 1.807) is 6.07 Å². The Morgan fingerprint density at radius 3 is 2.58 bits per heavy atom. The van der Waals surface area contributed by atoms with Crippen LogP contribution in [-0.4, -0.2) is 9.55 Å². The molecule has 0 unspecified atom stereocenters. The van der Waals surface area contributed by atoms with Crippen LogP contribution in [0.3, 0.4) is 0 Å². The third kappa shape index (κ3) is 2.10. The summed E-state index contributed by atoms with van der Waals surface area (Å²) < 4.78 is 3.23. The number of halogens is 1. The Labute approximate surface area is 124 Å². The number of aromatic nitrogens is 2. The third-order valence-electron chi connectivity index (χ3n) is 3.11. The molecule has 92 valence electrons. The molecule has 19 heavy (non-hydrogen) atoms. The molecule has 0 N–H and O–H groups in total. The number of fused-ring (bicyclic) bond motifs is 1. The first-order valence-corrected chi connectivity index (χ1v) is 6.89. The summed E-state index contributed by atoms with van der Waals surface area (Å²) in [6.45, 7) is 0. The van der Waals surface area contributed by atoms with Crippen LogP contribution in [0.1, 0.15) is 5.56 Å².